The van der Waals surface area contributed by atoms with E-state index in [9.17, 15) is 14.4 Å². The number of carbonyl (C=O) groups is 3. The highest BCUT2D eigenvalue weighted by atomic mass is 35.5. The van der Waals surface area contributed by atoms with Gasteiger partial charge < -0.3 is 15.0 Å². The Morgan fingerprint density at radius 1 is 1.11 bits per heavy atom. The Bertz CT molecular complexity index is 901. The molecule has 0 radical (unpaired) electrons. The quantitative estimate of drug-likeness (QED) is 0.763. The molecule has 27 heavy (non-hydrogen) atoms. The minimum atomic E-state index is -0.646. The van der Waals surface area contributed by atoms with E-state index in [0.717, 1.165) is 6.42 Å². The lowest BCUT2D eigenvalue weighted by Crippen LogP contribution is -2.24. The van der Waals surface area contributed by atoms with Crippen molar-refractivity contribution < 1.29 is 19.1 Å². The molecule has 8 heteroatoms. The summed E-state index contributed by atoms with van der Waals surface area (Å²) in [5, 5.41) is 3.24. The molecule has 1 saturated heterocycles. The SMILES string of the molecule is O=C(COC(=O)c1cccc(N2CCCC2=O)c1)Nc1ccc(Cl)c(Cl)c1. The maximum absolute atomic E-state index is 12.2. The molecule has 0 atom stereocenters. The summed E-state index contributed by atoms with van der Waals surface area (Å²) in [5.74, 6) is -1.12. The number of hydrogen-bond donors (Lipinski definition) is 1. The molecule has 2 amide bonds. The van der Waals surface area contributed by atoms with Crippen LogP contribution < -0.4 is 10.2 Å². The van der Waals surface area contributed by atoms with Crippen molar-refractivity contribution in [1.82, 2.24) is 0 Å². The smallest absolute Gasteiger partial charge is 0.338 e. The molecule has 1 fully saturated rings. The fraction of sp³-hybridized carbons (Fsp3) is 0.211. The van der Waals surface area contributed by atoms with Gasteiger partial charge in [0.1, 0.15) is 0 Å². The number of benzene rings is 2. The molecule has 0 aliphatic carbocycles. The van der Waals surface area contributed by atoms with Gasteiger partial charge in [-0.05, 0) is 42.8 Å². The summed E-state index contributed by atoms with van der Waals surface area (Å²) >= 11 is 11.7. The van der Waals surface area contributed by atoms with Gasteiger partial charge in [-0.1, -0.05) is 29.3 Å². The van der Waals surface area contributed by atoms with Crippen LogP contribution in [0.25, 0.3) is 0 Å². The molecular formula is C19H16Cl2N2O4. The highest BCUT2D eigenvalue weighted by Crippen LogP contribution is 2.25. The number of ether oxygens (including phenoxy) is 1. The van der Waals surface area contributed by atoms with E-state index in [-0.39, 0.29) is 11.5 Å². The second-order valence-electron chi connectivity index (χ2n) is 5.95. The van der Waals surface area contributed by atoms with Gasteiger partial charge in [0.05, 0.1) is 15.6 Å². The lowest BCUT2D eigenvalue weighted by molar-refractivity contribution is -0.119. The Kier molecular flexibility index (Phi) is 5.98. The predicted octanol–water partition coefficient (Wildman–Crippen LogP) is 3.92. The number of esters is 1. The summed E-state index contributed by atoms with van der Waals surface area (Å²) in [7, 11) is 0. The van der Waals surface area contributed by atoms with Crippen molar-refractivity contribution in [3.63, 3.8) is 0 Å². The van der Waals surface area contributed by atoms with Crippen molar-refractivity contribution in [2.45, 2.75) is 12.8 Å². The second-order valence-corrected chi connectivity index (χ2v) is 6.77. The Labute approximate surface area is 166 Å². The lowest BCUT2D eigenvalue weighted by atomic mass is 10.2. The van der Waals surface area contributed by atoms with Crippen molar-refractivity contribution in [2.75, 3.05) is 23.4 Å². The van der Waals surface area contributed by atoms with Crippen molar-refractivity contribution in [1.29, 1.82) is 0 Å². The molecule has 0 saturated carbocycles. The Balaban J connectivity index is 1.58. The van der Waals surface area contributed by atoms with Crippen LogP contribution in [-0.4, -0.2) is 30.9 Å². The highest BCUT2D eigenvalue weighted by Gasteiger charge is 2.22. The Morgan fingerprint density at radius 2 is 1.93 bits per heavy atom. The maximum Gasteiger partial charge on any atom is 0.338 e. The van der Waals surface area contributed by atoms with E-state index < -0.39 is 18.5 Å². The van der Waals surface area contributed by atoms with Crippen LogP contribution in [0.4, 0.5) is 11.4 Å². The molecule has 0 spiro atoms. The summed E-state index contributed by atoms with van der Waals surface area (Å²) in [4.78, 5) is 37.6. The molecule has 2 aromatic carbocycles. The number of nitrogens with zero attached hydrogens (tertiary/aromatic N) is 1. The van der Waals surface area contributed by atoms with Crippen LogP contribution in [0, 0.1) is 0 Å². The number of nitrogens with one attached hydrogen (secondary N) is 1. The van der Waals surface area contributed by atoms with Crippen LogP contribution in [-0.2, 0) is 14.3 Å². The summed E-state index contributed by atoms with van der Waals surface area (Å²) in [6.45, 7) is 0.176. The highest BCUT2D eigenvalue weighted by molar-refractivity contribution is 6.42. The third-order valence-electron chi connectivity index (χ3n) is 4.00. The van der Waals surface area contributed by atoms with E-state index in [2.05, 4.69) is 5.32 Å². The van der Waals surface area contributed by atoms with Gasteiger partial charge in [0, 0.05) is 24.3 Å². The monoisotopic (exact) mass is 406 g/mol. The fourth-order valence-corrected chi connectivity index (χ4v) is 3.01. The first-order valence-corrected chi connectivity index (χ1v) is 9.02. The van der Waals surface area contributed by atoms with Crippen LogP contribution in [0.15, 0.2) is 42.5 Å². The summed E-state index contributed by atoms with van der Waals surface area (Å²) in [5.41, 5.74) is 1.36. The molecule has 3 rings (SSSR count). The number of halogens is 2. The minimum absolute atomic E-state index is 0.0292. The summed E-state index contributed by atoms with van der Waals surface area (Å²) in [6, 6.07) is 11.2. The topological polar surface area (TPSA) is 75.7 Å². The van der Waals surface area contributed by atoms with E-state index in [0.29, 0.717) is 34.4 Å². The molecule has 1 N–H and O–H groups in total. The first-order valence-electron chi connectivity index (χ1n) is 8.26. The molecule has 1 heterocycles. The third kappa shape index (κ3) is 4.78. The summed E-state index contributed by atoms with van der Waals surface area (Å²) < 4.78 is 5.05. The minimum Gasteiger partial charge on any atom is -0.452 e. The maximum atomic E-state index is 12.2. The van der Waals surface area contributed by atoms with Crippen LogP contribution in [0.1, 0.15) is 23.2 Å². The van der Waals surface area contributed by atoms with Crippen molar-refractivity contribution in [3.05, 3.63) is 58.1 Å². The molecule has 140 valence electrons. The Morgan fingerprint density at radius 3 is 2.63 bits per heavy atom. The normalized spacial score (nSPS) is 13.6. The largest absolute Gasteiger partial charge is 0.452 e. The van der Waals surface area contributed by atoms with E-state index in [1.807, 2.05) is 0 Å². The first kappa shape index (κ1) is 19.2. The van der Waals surface area contributed by atoms with Crippen molar-refractivity contribution in [3.8, 4) is 0 Å². The number of anilines is 2. The van der Waals surface area contributed by atoms with Gasteiger partial charge in [-0.25, -0.2) is 4.79 Å². The van der Waals surface area contributed by atoms with E-state index >= 15 is 0 Å². The standard InChI is InChI=1S/C19H16Cl2N2O4/c20-15-7-6-13(10-16(15)21)22-17(24)11-27-19(26)12-3-1-4-14(9-12)23-8-2-5-18(23)25/h1,3-4,6-7,9-10H,2,5,8,11H2,(H,22,24). The number of rotatable bonds is 5. The van der Waals surface area contributed by atoms with Gasteiger partial charge in [0.25, 0.3) is 5.91 Å². The zero-order valence-electron chi connectivity index (χ0n) is 14.2. The van der Waals surface area contributed by atoms with Crippen LogP contribution in [0.3, 0.4) is 0 Å². The molecule has 0 bridgehead atoms. The lowest BCUT2D eigenvalue weighted by Gasteiger charge is -2.16. The fourth-order valence-electron chi connectivity index (χ4n) is 2.71. The predicted molar refractivity (Wildman–Crippen MR) is 103 cm³/mol. The zero-order valence-corrected chi connectivity index (χ0v) is 15.7. The average molecular weight is 407 g/mol. The van der Waals surface area contributed by atoms with Gasteiger partial charge in [-0.3, -0.25) is 9.59 Å². The molecule has 1 aliphatic heterocycles. The molecule has 0 unspecified atom stereocenters. The number of amides is 2. The van der Waals surface area contributed by atoms with E-state index in [1.54, 1.807) is 41.3 Å². The van der Waals surface area contributed by atoms with Crippen LogP contribution >= 0.6 is 23.2 Å². The van der Waals surface area contributed by atoms with Gasteiger partial charge in [-0.2, -0.15) is 0 Å². The zero-order chi connectivity index (χ0) is 19.4. The van der Waals surface area contributed by atoms with Gasteiger partial charge in [-0.15, -0.1) is 0 Å². The third-order valence-corrected chi connectivity index (χ3v) is 4.74. The van der Waals surface area contributed by atoms with Crippen LogP contribution in [0.5, 0.6) is 0 Å². The number of carbonyl (C=O) groups excluding carboxylic acids is 3. The molecule has 0 aromatic heterocycles. The van der Waals surface area contributed by atoms with Crippen molar-refractivity contribution in [2.24, 2.45) is 0 Å². The number of hydrogen-bond acceptors (Lipinski definition) is 4. The van der Waals surface area contributed by atoms with E-state index in [1.165, 1.54) is 6.07 Å². The van der Waals surface area contributed by atoms with Gasteiger partial charge in [0.2, 0.25) is 5.91 Å². The van der Waals surface area contributed by atoms with E-state index in [4.69, 9.17) is 27.9 Å². The average Bonchev–Trinajstić information content (AvgIpc) is 3.09. The molecule has 6 nitrogen and oxygen atoms in total. The van der Waals surface area contributed by atoms with Gasteiger partial charge in [0.15, 0.2) is 6.61 Å². The molecule has 1 aliphatic rings. The molecular weight excluding hydrogens is 391 g/mol. The molecule has 2 aromatic rings. The second kappa shape index (κ2) is 8.41. The van der Waals surface area contributed by atoms with Crippen LogP contribution in [0.2, 0.25) is 10.0 Å². The Hall–Kier alpha value is -2.57. The first-order chi connectivity index (χ1) is 12.9. The van der Waals surface area contributed by atoms with Gasteiger partial charge >= 0.3 is 5.97 Å². The van der Waals surface area contributed by atoms with Crippen molar-refractivity contribution >= 4 is 52.4 Å². The summed E-state index contributed by atoms with van der Waals surface area (Å²) in [6.07, 6.45) is 1.30.